The Morgan fingerprint density at radius 3 is 2.71 bits per heavy atom. The molecule has 0 aromatic carbocycles. The van der Waals surface area contributed by atoms with Crippen molar-refractivity contribution in [2.75, 3.05) is 13.2 Å². The highest BCUT2D eigenvalue weighted by Gasteiger charge is 2.21. The van der Waals surface area contributed by atoms with Crippen molar-refractivity contribution in [3.8, 4) is 11.6 Å². The van der Waals surface area contributed by atoms with E-state index < -0.39 is 11.6 Å². The Kier molecular flexibility index (Phi) is 7.29. The van der Waals surface area contributed by atoms with Gasteiger partial charge in [-0.2, -0.15) is 9.61 Å². The van der Waals surface area contributed by atoms with E-state index >= 15 is 0 Å². The Labute approximate surface area is 167 Å². The van der Waals surface area contributed by atoms with E-state index in [1.807, 2.05) is 32.9 Å². The van der Waals surface area contributed by atoms with E-state index in [0.29, 0.717) is 41.9 Å². The maximum absolute atomic E-state index is 12.3. The molecule has 28 heavy (non-hydrogen) atoms. The highest BCUT2D eigenvalue weighted by molar-refractivity contribution is 5.76. The molecule has 2 aromatic rings. The first kappa shape index (κ1) is 22.0. The molecule has 156 valence electrons. The third kappa shape index (κ3) is 5.86. The van der Waals surface area contributed by atoms with Crippen LogP contribution >= 0.6 is 0 Å². The fourth-order valence-corrected chi connectivity index (χ4v) is 3.03. The van der Waals surface area contributed by atoms with Gasteiger partial charge in [-0.15, -0.1) is 0 Å². The topological polar surface area (TPSA) is 90.9 Å². The van der Waals surface area contributed by atoms with Crippen LogP contribution in [0, 0.1) is 19.8 Å². The van der Waals surface area contributed by atoms with E-state index in [2.05, 4.69) is 31.2 Å². The molecule has 0 fully saturated rings. The zero-order valence-corrected chi connectivity index (χ0v) is 18.0. The Morgan fingerprint density at radius 2 is 2.07 bits per heavy atom. The Bertz CT molecular complexity index is 812. The van der Waals surface area contributed by atoms with Crippen LogP contribution in [0.4, 0.5) is 4.79 Å². The summed E-state index contributed by atoms with van der Waals surface area (Å²) < 4.78 is 13.2. The number of carbonyl (C=O) groups is 1. The summed E-state index contributed by atoms with van der Waals surface area (Å²) in [6.45, 7) is 13.0. The van der Waals surface area contributed by atoms with Gasteiger partial charge in [0.2, 0.25) is 5.88 Å². The quantitative estimate of drug-likeness (QED) is 0.676. The third-order valence-electron chi connectivity index (χ3n) is 4.56. The number of hydrogen-bond donors (Lipinski definition) is 2. The van der Waals surface area contributed by atoms with E-state index in [9.17, 15) is 4.79 Å². The monoisotopic (exact) mass is 390 g/mol. The van der Waals surface area contributed by atoms with E-state index in [4.69, 9.17) is 15.2 Å². The summed E-state index contributed by atoms with van der Waals surface area (Å²) in [6.07, 6.45) is 2.20. The second kappa shape index (κ2) is 9.28. The number of pyridine rings is 1. The first-order valence-corrected chi connectivity index (χ1v) is 10.0. The van der Waals surface area contributed by atoms with Crippen LogP contribution in [0.3, 0.4) is 0 Å². The maximum atomic E-state index is 12.3. The second-order valence-electron chi connectivity index (χ2n) is 8.26. The van der Waals surface area contributed by atoms with Crippen LogP contribution in [0.2, 0.25) is 0 Å². The van der Waals surface area contributed by atoms with Crippen molar-refractivity contribution in [1.82, 2.24) is 14.9 Å². The van der Waals surface area contributed by atoms with Crippen molar-refractivity contribution in [2.24, 2.45) is 11.7 Å². The molecule has 7 heteroatoms. The van der Waals surface area contributed by atoms with Crippen molar-refractivity contribution in [1.29, 1.82) is 0 Å². The Morgan fingerprint density at radius 1 is 1.36 bits per heavy atom. The summed E-state index contributed by atoms with van der Waals surface area (Å²) in [7, 11) is 0. The average molecular weight is 391 g/mol. The van der Waals surface area contributed by atoms with Crippen LogP contribution in [-0.2, 0) is 0 Å². The van der Waals surface area contributed by atoms with Gasteiger partial charge in [-0.05, 0) is 51.2 Å². The first-order chi connectivity index (χ1) is 13.1. The minimum Gasteiger partial charge on any atom is -0.478 e. The number of amides is 1. The minimum atomic E-state index is -0.533. The summed E-state index contributed by atoms with van der Waals surface area (Å²) in [5.74, 6) is 1.64. The SMILES string of the molecule is CCCC(C)(N)CNC(=O)Oc1c(C)nn2c(OCCC(C)C)cc(C)cc12. The molecular formula is C21H34N4O3. The molecule has 1 unspecified atom stereocenters. The molecule has 0 bridgehead atoms. The Hall–Kier alpha value is -2.28. The van der Waals surface area contributed by atoms with Gasteiger partial charge in [-0.3, -0.25) is 0 Å². The predicted octanol–water partition coefficient (Wildman–Crippen LogP) is 3.98. The van der Waals surface area contributed by atoms with Gasteiger partial charge in [0.15, 0.2) is 5.75 Å². The van der Waals surface area contributed by atoms with Gasteiger partial charge in [-0.1, -0.05) is 27.2 Å². The summed E-state index contributed by atoms with van der Waals surface area (Å²) >= 11 is 0. The number of rotatable bonds is 9. The van der Waals surface area contributed by atoms with Crippen LogP contribution in [-0.4, -0.2) is 34.4 Å². The number of aromatic nitrogens is 2. The van der Waals surface area contributed by atoms with Crippen LogP contribution in [0.1, 0.15) is 58.2 Å². The molecule has 7 nitrogen and oxygen atoms in total. The van der Waals surface area contributed by atoms with Crippen molar-refractivity contribution in [3.05, 3.63) is 23.4 Å². The molecule has 0 spiro atoms. The summed E-state index contributed by atoms with van der Waals surface area (Å²) in [5.41, 5.74) is 8.05. The lowest BCUT2D eigenvalue weighted by Crippen LogP contribution is -2.48. The van der Waals surface area contributed by atoms with Gasteiger partial charge in [0.05, 0.1) is 6.61 Å². The van der Waals surface area contributed by atoms with Crippen LogP contribution < -0.4 is 20.5 Å². The van der Waals surface area contributed by atoms with Gasteiger partial charge in [0.1, 0.15) is 11.2 Å². The molecule has 3 N–H and O–H groups in total. The zero-order chi connectivity index (χ0) is 20.9. The van der Waals surface area contributed by atoms with Crippen molar-refractivity contribution in [3.63, 3.8) is 0 Å². The highest BCUT2D eigenvalue weighted by Crippen LogP contribution is 2.29. The number of fused-ring (bicyclic) bond motifs is 1. The molecule has 0 saturated carbocycles. The van der Waals surface area contributed by atoms with E-state index in [1.165, 1.54) is 0 Å². The minimum absolute atomic E-state index is 0.348. The number of aryl methyl sites for hydroxylation is 2. The van der Waals surface area contributed by atoms with Gasteiger partial charge in [0.25, 0.3) is 0 Å². The lowest BCUT2D eigenvalue weighted by molar-refractivity contribution is 0.197. The average Bonchev–Trinajstić information content (AvgIpc) is 2.89. The van der Waals surface area contributed by atoms with E-state index in [1.54, 1.807) is 4.52 Å². The van der Waals surface area contributed by atoms with Crippen LogP contribution in [0.15, 0.2) is 12.1 Å². The smallest absolute Gasteiger partial charge is 0.412 e. The van der Waals surface area contributed by atoms with Gasteiger partial charge >= 0.3 is 6.09 Å². The molecule has 2 rings (SSSR count). The molecule has 1 atom stereocenters. The first-order valence-electron chi connectivity index (χ1n) is 10.0. The lowest BCUT2D eigenvalue weighted by atomic mass is 9.98. The van der Waals surface area contributed by atoms with Gasteiger partial charge in [0, 0.05) is 18.2 Å². The third-order valence-corrected chi connectivity index (χ3v) is 4.56. The summed E-state index contributed by atoms with van der Waals surface area (Å²) in [5, 5.41) is 7.26. The summed E-state index contributed by atoms with van der Waals surface area (Å²) in [6, 6.07) is 3.87. The van der Waals surface area contributed by atoms with E-state index in [0.717, 1.165) is 24.8 Å². The molecule has 0 aliphatic rings. The number of ether oxygens (including phenoxy) is 2. The summed E-state index contributed by atoms with van der Waals surface area (Å²) in [4.78, 5) is 12.3. The molecule has 0 saturated heterocycles. The van der Waals surface area contributed by atoms with Gasteiger partial charge in [-0.25, -0.2) is 4.79 Å². The fourth-order valence-electron chi connectivity index (χ4n) is 3.03. The maximum Gasteiger partial charge on any atom is 0.412 e. The number of carbonyl (C=O) groups excluding carboxylic acids is 1. The highest BCUT2D eigenvalue weighted by atomic mass is 16.6. The number of nitrogens with two attached hydrogens (primary N) is 1. The van der Waals surface area contributed by atoms with Crippen LogP contribution in [0.25, 0.3) is 5.52 Å². The standard InChI is InChI=1S/C21H34N4O3/c1-7-9-21(6,22)13-23-20(26)28-19-16(5)24-25-17(19)11-15(4)12-18(25)27-10-8-14(2)3/h11-12,14H,7-10,13,22H2,1-6H3,(H,23,26). The largest absolute Gasteiger partial charge is 0.478 e. The zero-order valence-electron chi connectivity index (χ0n) is 18.0. The number of nitrogens with zero attached hydrogens (tertiary/aromatic N) is 2. The molecule has 2 aromatic heterocycles. The Balaban J connectivity index is 2.17. The fraction of sp³-hybridized carbons (Fsp3) is 0.619. The molecule has 1 amide bonds. The number of hydrogen-bond acceptors (Lipinski definition) is 5. The number of nitrogens with one attached hydrogen (secondary N) is 1. The molecule has 0 aliphatic heterocycles. The second-order valence-corrected chi connectivity index (χ2v) is 8.26. The molecule has 2 heterocycles. The predicted molar refractivity (Wildman–Crippen MR) is 111 cm³/mol. The normalized spacial score (nSPS) is 13.6. The van der Waals surface area contributed by atoms with E-state index in [-0.39, 0.29) is 0 Å². The van der Waals surface area contributed by atoms with Gasteiger partial charge < -0.3 is 20.5 Å². The molecule has 0 aliphatic carbocycles. The lowest BCUT2D eigenvalue weighted by Gasteiger charge is -2.23. The molecular weight excluding hydrogens is 356 g/mol. The molecule has 0 radical (unpaired) electrons. The van der Waals surface area contributed by atoms with Crippen molar-refractivity contribution in [2.45, 2.75) is 66.3 Å². The van der Waals surface area contributed by atoms with Crippen LogP contribution in [0.5, 0.6) is 11.6 Å². The van der Waals surface area contributed by atoms with Crippen molar-refractivity contribution >= 4 is 11.6 Å². The van der Waals surface area contributed by atoms with Crippen molar-refractivity contribution < 1.29 is 14.3 Å².